The highest BCUT2D eigenvalue weighted by Crippen LogP contribution is 2.28. The van der Waals surface area contributed by atoms with E-state index in [2.05, 4.69) is 13.8 Å². The Labute approximate surface area is 127 Å². The average molecular weight is 325 g/mol. The number of hydrogen-bond donors (Lipinski definition) is 2. The largest absolute Gasteiger partial charge is 0.476 e. The molecule has 0 fully saturated rings. The number of carboxylic acid groups (broad SMARTS) is 1. The van der Waals surface area contributed by atoms with Gasteiger partial charge in [0, 0.05) is 18.4 Å². The molecule has 0 saturated carbocycles. The van der Waals surface area contributed by atoms with Gasteiger partial charge in [-0.05, 0) is 18.6 Å². The highest BCUT2D eigenvalue weighted by Gasteiger charge is 2.19. The van der Waals surface area contributed by atoms with Crippen LogP contribution in [0, 0.1) is 0 Å². The standard InChI is InChI=1S/C12H9ClN4O3S/c13-7-1-2-8-10(16-21-15-8)11(7)17-5-6(3-4-18)9(14-17)12(19)20/h1-2,5,18H,3-4H2,(H,19,20). The summed E-state index contributed by atoms with van der Waals surface area (Å²) in [6, 6.07) is 3.40. The summed E-state index contributed by atoms with van der Waals surface area (Å²) in [4.78, 5) is 11.2. The van der Waals surface area contributed by atoms with Gasteiger partial charge < -0.3 is 10.2 Å². The van der Waals surface area contributed by atoms with Crippen LogP contribution in [0.25, 0.3) is 16.7 Å². The van der Waals surface area contributed by atoms with Gasteiger partial charge in [-0.25, -0.2) is 9.48 Å². The van der Waals surface area contributed by atoms with Crippen molar-refractivity contribution in [3.8, 4) is 5.69 Å². The summed E-state index contributed by atoms with van der Waals surface area (Å²) in [7, 11) is 0. The summed E-state index contributed by atoms with van der Waals surface area (Å²) in [5.41, 5.74) is 2.02. The second-order valence-electron chi connectivity index (χ2n) is 4.25. The number of hydrogen-bond acceptors (Lipinski definition) is 6. The van der Waals surface area contributed by atoms with Crippen molar-refractivity contribution in [2.24, 2.45) is 0 Å². The van der Waals surface area contributed by atoms with E-state index in [0.717, 1.165) is 11.7 Å². The number of carbonyl (C=O) groups is 1. The van der Waals surface area contributed by atoms with E-state index in [1.807, 2.05) is 0 Å². The van der Waals surface area contributed by atoms with Gasteiger partial charge in [-0.3, -0.25) is 0 Å². The topological polar surface area (TPSA) is 101 Å². The van der Waals surface area contributed by atoms with Crippen molar-refractivity contribution in [3.63, 3.8) is 0 Å². The molecule has 0 radical (unpaired) electrons. The van der Waals surface area contributed by atoms with Crippen LogP contribution in [0.2, 0.25) is 5.02 Å². The fraction of sp³-hybridized carbons (Fsp3) is 0.167. The Morgan fingerprint density at radius 1 is 1.38 bits per heavy atom. The maximum atomic E-state index is 11.2. The van der Waals surface area contributed by atoms with Crippen LogP contribution in [0.15, 0.2) is 18.3 Å². The lowest BCUT2D eigenvalue weighted by atomic mass is 10.2. The van der Waals surface area contributed by atoms with E-state index in [1.54, 1.807) is 18.3 Å². The Morgan fingerprint density at radius 3 is 2.90 bits per heavy atom. The van der Waals surface area contributed by atoms with Crippen LogP contribution in [-0.4, -0.2) is 41.3 Å². The Bertz CT molecular complexity index is 829. The lowest BCUT2D eigenvalue weighted by molar-refractivity contribution is 0.0688. The molecule has 0 aliphatic carbocycles. The summed E-state index contributed by atoms with van der Waals surface area (Å²) >= 11 is 7.23. The Morgan fingerprint density at radius 2 is 2.19 bits per heavy atom. The molecule has 0 atom stereocenters. The second kappa shape index (κ2) is 5.40. The molecular weight excluding hydrogens is 316 g/mol. The van der Waals surface area contributed by atoms with Gasteiger partial charge in [0.25, 0.3) is 0 Å². The molecule has 108 valence electrons. The van der Waals surface area contributed by atoms with Gasteiger partial charge >= 0.3 is 5.97 Å². The van der Waals surface area contributed by atoms with Crippen LogP contribution in [-0.2, 0) is 6.42 Å². The number of aliphatic hydroxyl groups is 1. The smallest absolute Gasteiger partial charge is 0.356 e. The fourth-order valence-electron chi connectivity index (χ4n) is 2.04. The average Bonchev–Trinajstić information content (AvgIpc) is 3.05. The molecule has 2 aromatic heterocycles. The summed E-state index contributed by atoms with van der Waals surface area (Å²) in [6.07, 6.45) is 1.74. The first-order chi connectivity index (χ1) is 10.1. The van der Waals surface area contributed by atoms with Crippen molar-refractivity contribution >= 4 is 40.3 Å². The minimum absolute atomic E-state index is 0.111. The van der Waals surface area contributed by atoms with Crippen LogP contribution in [0.3, 0.4) is 0 Å². The van der Waals surface area contributed by atoms with E-state index < -0.39 is 5.97 Å². The number of nitrogens with zero attached hydrogens (tertiary/aromatic N) is 4. The number of halogens is 1. The molecule has 0 aliphatic heterocycles. The molecule has 2 N–H and O–H groups in total. The van der Waals surface area contributed by atoms with Crippen LogP contribution < -0.4 is 0 Å². The lowest BCUT2D eigenvalue weighted by Gasteiger charge is -2.04. The van der Waals surface area contributed by atoms with Gasteiger partial charge in [0.05, 0.1) is 16.8 Å². The van der Waals surface area contributed by atoms with Crippen molar-refractivity contribution in [3.05, 3.63) is 34.6 Å². The quantitative estimate of drug-likeness (QED) is 0.758. The van der Waals surface area contributed by atoms with Gasteiger partial charge in [0.15, 0.2) is 5.69 Å². The Balaban J connectivity index is 2.23. The van der Waals surface area contributed by atoms with Crippen LogP contribution in [0.4, 0.5) is 0 Å². The van der Waals surface area contributed by atoms with E-state index in [1.165, 1.54) is 4.68 Å². The van der Waals surface area contributed by atoms with Gasteiger partial charge in [-0.15, -0.1) is 0 Å². The molecule has 7 nitrogen and oxygen atoms in total. The zero-order valence-electron chi connectivity index (χ0n) is 10.5. The number of aromatic nitrogens is 4. The molecule has 2 heterocycles. The van der Waals surface area contributed by atoms with Crippen LogP contribution >= 0.6 is 23.3 Å². The maximum Gasteiger partial charge on any atom is 0.356 e. The van der Waals surface area contributed by atoms with Crippen molar-refractivity contribution in [1.29, 1.82) is 0 Å². The predicted octanol–water partition coefficient (Wildman–Crippen LogP) is 1.76. The minimum Gasteiger partial charge on any atom is -0.476 e. The molecule has 0 bridgehead atoms. The highest BCUT2D eigenvalue weighted by atomic mass is 35.5. The zero-order valence-corrected chi connectivity index (χ0v) is 12.1. The van der Waals surface area contributed by atoms with E-state index in [0.29, 0.717) is 27.3 Å². The number of fused-ring (bicyclic) bond motifs is 1. The van der Waals surface area contributed by atoms with E-state index >= 15 is 0 Å². The third-order valence-corrected chi connectivity index (χ3v) is 3.80. The number of benzene rings is 1. The van der Waals surface area contributed by atoms with E-state index in [-0.39, 0.29) is 18.7 Å². The highest BCUT2D eigenvalue weighted by molar-refractivity contribution is 7.00. The van der Waals surface area contributed by atoms with Crippen molar-refractivity contribution in [1.82, 2.24) is 18.5 Å². The van der Waals surface area contributed by atoms with Crippen molar-refractivity contribution < 1.29 is 15.0 Å². The number of aliphatic hydroxyl groups excluding tert-OH is 1. The van der Waals surface area contributed by atoms with Crippen molar-refractivity contribution in [2.45, 2.75) is 6.42 Å². The van der Waals surface area contributed by atoms with Gasteiger partial charge in [-0.1, -0.05) is 11.6 Å². The molecule has 0 aliphatic rings. The first-order valence-corrected chi connectivity index (χ1v) is 7.06. The second-order valence-corrected chi connectivity index (χ2v) is 5.19. The predicted molar refractivity (Wildman–Crippen MR) is 77.3 cm³/mol. The van der Waals surface area contributed by atoms with Crippen LogP contribution in [0.5, 0.6) is 0 Å². The molecule has 1 aromatic carbocycles. The van der Waals surface area contributed by atoms with Gasteiger partial charge in [0.1, 0.15) is 16.7 Å². The monoisotopic (exact) mass is 324 g/mol. The molecule has 0 spiro atoms. The maximum absolute atomic E-state index is 11.2. The third kappa shape index (κ3) is 2.37. The van der Waals surface area contributed by atoms with Crippen molar-refractivity contribution in [2.75, 3.05) is 6.61 Å². The number of rotatable bonds is 4. The summed E-state index contributed by atoms with van der Waals surface area (Å²) < 4.78 is 9.67. The van der Waals surface area contributed by atoms with Gasteiger partial charge in [-0.2, -0.15) is 13.8 Å². The molecule has 0 saturated heterocycles. The first kappa shape index (κ1) is 13.9. The van der Waals surface area contributed by atoms with Crippen LogP contribution in [0.1, 0.15) is 16.1 Å². The Kier molecular flexibility index (Phi) is 3.58. The molecular formula is C12H9ClN4O3S. The molecule has 21 heavy (non-hydrogen) atoms. The number of aromatic carboxylic acids is 1. The van der Waals surface area contributed by atoms with Gasteiger partial charge in [0.2, 0.25) is 0 Å². The normalized spacial score (nSPS) is 11.1. The molecule has 9 heteroatoms. The summed E-state index contributed by atoms with van der Waals surface area (Å²) in [5.74, 6) is -1.16. The SMILES string of the molecule is O=C(O)c1nn(-c2c(Cl)ccc3nsnc23)cc1CCO. The van der Waals surface area contributed by atoms with E-state index in [9.17, 15) is 9.90 Å². The third-order valence-electron chi connectivity index (χ3n) is 2.95. The molecule has 0 unspecified atom stereocenters. The number of carboxylic acids is 1. The first-order valence-electron chi connectivity index (χ1n) is 5.95. The lowest BCUT2D eigenvalue weighted by Crippen LogP contribution is -2.04. The zero-order chi connectivity index (χ0) is 15.0. The minimum atomic E-state index is -1.16. The summed E-state index contributed by atoms with van der Waals surface area (Å²) in [5, 5.41) is 22.6. The molecule has 3 aromatic rings. The summed E-state index contributed by atoms with van der Waals surface area (Å²) in [6.45, 7) is -0.165. The molecule has 3 rings (SSSR count). The Hall–Kier alpha value is -2.03. The fourth-order valence-corrected chi connectivity index (χ4v) is 2.82. The molecule has 0 amide bonds. The van der Waals surface area contributed by atoms with E-state index in [4.69, 9.17) is 16.7 Å².